The third-order valence-electron chi connectivity index (χ3n) is 6.10. The Labute approximate surface area is 191 Å². The van der Waals surface area contributed by atoms with Gasteiger partial charge in [0.05, 0.1) is 4.90 Å². The molecule has 0 aromatic carbocycles. The van der Waals surface area contributed by atoms with Crippen LogP contribution in [0.15, 0.2) is 23.2 Å². The van der Waals surface area contributed by atoms with Crippen molar-refractivity contribution in [1.29, 1.82) is 0 Å². The number of nitrogens with zero attached hydrogens (tertiary/aromatic N) is 3. The molecule has 9 nitrogen and oxygen atoms in total. The van der Waals surface area contributed by atoms with Gasteiger partial charge in [0.15, 0.2) is 24.8 Å². The average molecular weight is 488 g/mol. The summed E-state index contributed by atoms with van der Waals surface area (Å²) in [6.07, 6.45) is 4.91. The van der Waals surface area contributed by atoms with Gasteiger partial charge in [-0.1, -0.05) is 0 Å². The molecular formula is C21H33N3O6S2. The minimum Gasteiger partial charge on any atom is -0.474 e. The van der Waals surface area contributed by atoms with Crippen molar-refractivity contribution in [2.75, 3.05) is 37.5 Å². The first-order valence-corrected chi connectivity index (χ1v) is 14.7. The van der Waals surface area contributed by atoms with E-state index in [1.807, 2.05) is 4.90 Å². The Bertz CT molecular complexity index is 992. The van der Waals surface area contributed by atoms with E-state index in [0.29, 0.717) is 11.9 Å². The number of piperazine rings is 1. The first-order chi connectivity index (χ1) is 14.9. The number of carbonyl (C=O) groups excluding carboxylic acids is 1. The summed E-state index contributed by atoms with van der Waals surface area (Å²) in [4.78, 5) is 21.1. The van der Waals surface area contributed by atoms with E-state index in [1.165, 1.54) is 12.1 Å². The second kappa shape index (κ2) is 10.0. The highest BCUT2D eigenvalue weighted by Crippen LogP contribution is 2.29. The van der Waals surface area contributed by atoms with Crippen molar-refractivity contribution in [1.82, 2.24) is 14.8 Å². The summed E-state index contributed by atoms with van der Waals surface area (Å²) in [6, 6.07) is 3.26. The first-order valence-electron chi connectivity index (χ1n) is 11.0. The predicted molar refractivity (Wildman–Crippen MR) is 121 cm³/mol. The minimum atomic E-state index is -3.95. The van der Waals surface area contributed by atoms with Crippen LogP contribution in [0.25, 0.3) is 0 Å². The van der Waals surface area contributed by atoms with Crippen LogP contribution in [0.1, 0.15) is 39.5 Å². The fourth-order valence-corrected chi connectivity index (χ4v) is 7.57. The van der Waals surface area contributed by atoms with E-state index in [1.54, 1.807) is 0 Å². The standard InChI is InChI=1S/C21H33N3O6S2/c1-16(2)23-10-12-24(13-11-23)21(25)17-4-6-18(7-5-17)30-20-9-8-19(14-22-20)32(28,29)15-31(3,26)27/h8-9,14,16-18H,4-7,10-13,15H2,1-3H3/t17-,18-. The van der Waals surface area contributed by atoms with E-state index >= 15 is 0 Å². The molecule has 3 rings (SSSR count). The van der Waals surface area contributed by atoms with Crippen LogP contribution in [-0.2, 0) is 24.5 Å². The quantitative estimate of drug-likeness (QED) is 0.566. The van der Waals surface area contributed by atoms with Gasteiger partial charge in [-0.2, -0.15) is 0 Å². The normalized spacial score (nSPS) is 23.3. The molecule has 2 aliphatic rings. The number of hydrogen-bond acceptors (Lipinski definition) is 8. The molecule has 1 aliphatic heterocycles. The lowest BCUT2D eigenvalue weighted by Gasteiger charge is -2.39. The van der Waals surface area contributed by atoms with Gasteiger partial charge in [-0.05, 0) is 45.6 Å². The molecule has 0 unspecified atom stereocenters. The van der Waals surface area contributed by atoms with Gasteiger partial charge in [-0.3, -0.25) is 9.69 Å². The molecule has 1 amide bonds. The van der Waals surface area contributed by atoms with Crippen LogP contribution in [-0.4, -0.2) is 87.2 Å². The lowest BCUT2D eigenvalue weighted by atomic mass is 9.86. The van der Waals surface area contributed by atoms with Gasteiger partial charge in [0, 0.05) is 56.7 Å². The number of rotatable bonds is 7. The molecule has 1 saturated carbocycles. The van der Waals surface area contributed by atoms with Crippen LogP contribution in [0.4, 0.5) is 0 Å². The maximum atomic E-state index is 12.9. The molecule has 2 fully saturated rings. The molecule has 1 saturated heterocycles. The summed E-state index contributed by atoms with van der Waals surface area (Å²) in [6.45, 7) is 7.76. The third-order valence-corrected chi connectivity index (χ3v) is 10.0. The molecule has 2 heterocycles. The lowest BCUT2D eigenvalue weighted by Crippen LogP contribution is -2.52. The number of sulfone groups is 2. The van der Waals surface area contributed by atoms with E-state index in [4.69, 9.17) is 4.74 Å². The maximum absolute atomic E-state index is 12.9. The number of aromatic nitrogens is 1. The maximum Gasteiger partial charge on any atom is 0.225 e. The minimum absolute atomic E-state index is 0.0249. The Morgan fingerprint density at radius 3 is 2.19 bits per heavy atom. The second-order valence-electron chi connectivity index (χ2n) is 9.04. The van der Waals surface area contributed by atoms with Crippen LogP contribution in [0.3, 0.4) is 0 Å². The zero-order valence-electron chi connectivity index (χ0n) is 18.9. The molecule has 0 N–H and O–H groups in total. The molecule has 32 heavy (non-hydrogen) atoms. The van der Waals surface area contributed by atoms with Gasteiger partial charge in [-0.25, -0.2) is 21.8 Å². The largest absolute Gasteiger partial charge is 0.474 e. The van der Waals surface area contributed by atoms with Crippen molar-refractivity contribution in [2.24, 2.45) is 5.92 Å². The fourth-order valence-electron chi connectivity index (χ4n) is 4.29. The number of pyridine rings is 1. The predicted octanol–water partition coefficient (Wildman–Crippen LogP) is 1.35. The zero-order chi connectivity index (χ0) is 23.5. The van der Waals surface area contributed by atoms with Crippen LogP contribution in [0, 0.1) is 5.92 Å². The highest BCUT2D eigenvalue weighted by Gasteiger charge is 2.32. The zero-order valence-corrected chi connectivity index (χ0v) is 20.6. The van der Waals surface area contributed by atoms with Crippen molar-refractivity contribution < 1.29 is 26.4 Å². The van der Waals surface area contributed by atoms with E-state index in [9.17, 15) is 21.6 Å². The van der Waals surface area contributed by atoms with Gasteiger partial charge in [-0.15, -0.1) is 0 Å². The van der Waals surface area contributed by atoms with E-state index in [-0.39, 0.29) is 22.8 Å². The Hall–Kier alpha value is -1.72. The molecule has 180 valence electrons. The summed E-state index contributed by atoms with van der Waals surface area (Å²) in [5, 5.41) is -0.952. The summed E-state index contributed by atoms with van der Waals surface area (Å²) in [5.74, 6) is 0.560. The van der Waals surface area contributed by atoms with E-state index in [2.05, 4.69) is 23.7 Å². The van der Waals surface area contributed by atoms with Gasteiger partial charge < -0.3 is 9.64 Å². The number of amides is 1. The highest BCUT2D eigenvalue weighted by atomic mass is 32.3. The van der Waals surface area contributed by atoms with Gasteiger partial charge >= 0.3 is 0 Å². The summed E-state index contributed by atoms with van der Waals surface area (Å²) >= 11 is 0. The summed E-state index contributed by atoms with van der Waals surface area (Å²) < 4.78 is 52.8. The van der Waals surface area contributed by atoms with Gasteiger partial charge in [0.25, 0.3) is 0 Å². The third kappa shape index (κ3) is 6.64. The Kier molecular flexibility index (Phi) is 7.82. The molecular weight excluding hydrogens is 454 g/mol. The summed E-state index contributed by atoms with van der Waals surface area (Å²) in [7, 11) is -7.63. The Morgan fingerprint density at radius 1 is 1.06 bits per heavy atom. The smallest absolute Gasteiger partial charge is 0.225 e. The molecule has 1 aromatic heterocycles. The highest BCUT2D eigenvalue weighted by molar-refractivity contribution is 8.07. The SMILES string of the molecule is CC(C)N1CCN(C(=O)[C@H]2CC[C@H](Oc3ccc(S(=O)(=O)CS(C)(=O)=O)cn3)CC2)CC1. The Balaban J connectivity index is 1.48. The summed E-state index contributed by atoms with van der Waals surface area (Å²) in [5.41, 5.74) is 0. The molecule has 0 atom stereocenters. The first kappa shape index (κ1) is 24.9. The average Bonchev–Trinajstić information content (AvgIpc) is 2.72. The second-order valence-corrected chi connectivity index (χ2v) is 13.5. The van der Waals surface area contributed by atoms with Gasteiger partial charge in [0.2, 0.25) is 11.8 Å². The van der Waals surface area contributed by atoms with E-state index in [0.717, 1.165) is 64.3 Å². The van der Waals surface area contributed by atoms with Gasteiger partial charge in [0.1, 0.15) is 6.10 Å². The van der Waals surface area contributed by atoms with Crippen molar-refractivity contribution >= 4 is 25.6 Å². The van der Waals surface area contributed by atoms with Crippen molar-refractivity contribution in [3.05, 3.63) is 18.3 Å². The van der Waals surface area contributed by atoms with Crippen LogP contribution in [0.5, 0.6) is 5.88 Å². The molecule has 1 aromatic rings. The molecule has 0 bridgehead atoms. The number of carbonyl (C=O) groups is 1. The molecule has 0 radical (unpaired) electrons. The van der Waals surface area contributed by atoms with E-state index < -0.39 is 24.8 Å². The lowest BCUT2D eigenvalue weighted by molar-refractivity contribution is -0.139. The van der Waals surface area contributed by atoms with Crippen molar-refractivity contribution in [3.63, 3.8) is 0 Å². The number of hydrogen-bond donors (Lipinski definition) is 0. The fraction of sp³-hybridized carbons (Fsp3) is 0.714. The van der Waals surface area contributed by atoms with Crippen molar-refractivity contribution in [2.45, 2.75) is 56.6 Å². The van der Waals surface area contributed by atoms with Crippen LogP contribution >= 0.6 is 0 Å². The molecule has 0 spiro atoms. The Morgan fingerprint density at radius 2 is 1.69 bits per heavy atom. The number of ether oxygens (including phenoxy) is 1. The molecule has 11 heteroatoms. The van der Waals surface area contributed by atoms with Crippen LogP contribution < -0.4 is 4.74 Å². The monoisotopic (exact) mass is 487 g/mol. The molecule has 1 aliphatic carbocycles. The van der Waals surface area contributed by atoms with Crippen molar-refractivity contribution in [3.8, 4) is 5.88 Å². The topological polar surface area (TPSA) is 114 Å². The van der Waals surface area contributed by atoms with Crippen LogP contribution in [0.2, 0.25) is 0 Å².